The predicted octanol–water partition coefficient (Wildman–Crippen LogP) is 3.30. The van der Waals surface area contributed by atoms with E-state index in [9.17, 15) is 9.59 Å². The maximum absolute atomic E-state index is 12.2. The number of carbonyl (C=O) groups excluding carboxylic acids is 2. The largest absolute Gasteiger partial charge is 0.352 e. The van der Waals surface area contributed by atoms with Gasteiger partial charge in [0.2, 0.25) is 5.91 Å². The Balaban J connectivity index is 1.66. The zero-order chi connectivity index (χ0) is 17.8. The number of Topliss-reactive ketones (excluding diaryl/α,β-unsaturated/α-hetero) is 1. The third-order valence-electron chi connectivity index (χ3n) is 3.92. The molecule has 25 heavy (non-hydrogen) atoms. The number of imidazole rings is 1. The molecule has 0 radical (unpaired) electrons. The van der Waals surface area contributed by atoms with E-state index >= 15 is 0 Å². The van der Waals surface area contributed by atoms with Crippen molar-refractivity contribution in [3.8, 4) is 5.69 Å². The van der Waals surface area contributed by atoms with Crippen LogP contribution in [0.25, 0.3) is 5.69 Å². The second-order valence-electron chi connectivity index (χ2n) is 5.80. The number of aromatic nitrogens is 2. The molecule has 0 bridgehead atoms. The number of benzene rings is 1. The molecule has 0 saturated carbocycles. The summed E-state index contributed by atoms with van der Waals surface area (Å²) in [4.78, 5) is 28.5. The number of aryl methyl sites for hydroxylation is 1. The average Bonchev–Trinajstić information content (AvgIpc) is 3.22. The summed E-state index contributed by atoms with van der Waals surface area (Å²) in [7, 11) is 0. The van der Waals surface area contributed by atoms with Crippen LogP contribution in [0.1, 0.15) is 33.5 Å². The molecule has 2 heterocycles. The number of para-hydroxylation sites is 1. The maximum atomic E-state index is 12.2. The molecule has 1 N–H and O–H groups in total. The van der Waals surface area contributed by atoms with Crippen LogP contribution >= 0.6 is 11.3 Å². The topological polar surface area (TPSA) is 64.0 Å². The van der Waals surface area contributed by atoms with Crippen molar-refractivity contribution in [1.82, 2.24) is 14.9 Å². The van der Waals surface area contributed by atoms with Crippen LogP contribution in [0.5, 0.6) is 0 Å². The first kappa shape index (κ1) is 17.1. The van der Waals surface area contributed by atoms with Crippen molar-refractivity contribution in [2.24, 2.45) is 0 Å². The Morgan fingerprint density at radius 1 is 1.28 bits per heavy atom. The molecule has 0 unspecified atom stereocenters. The number of hydrogen-bond acceptors (Lipinski definition) is 4. The lowest BCUT2D eigenvalue weighted by atomic mass is 10.1. The minimum absolute atomic E-state index is 0.0290. The normalized spacial score (nSPS) is 10.6. The Hall–Kier alpha value is -2.73. The lowest BCUT2D eigenvalue weighted by Crippen LogP contribution is -2.25. The van der Waals surface area contributed by atoms with Crippen LogP contribution in [-0.2, 0) is 17.8 Å². The van der Waals surface area contributed by atoms with Crippen LogP contribution in [0.3, 0.4) is 0 Å². The van der Waals surface area contributed by atoms with E-state index in [4.69, 9.17) is 0 Å². The SMILES string of the molecule is CC(=O)c1cc(CC(=O)NCc2ccccc2-n2ccnc2C)cs1. The van der Waals surface area contributed by atoms with Crippen molar-refractivity contribution in [1.29, 1.82) is 0 Å². The van der Waals surface area contributed by atoms with Gasteiger partial charge in [0.25, 0.3) is 0 Å². The number of rotatable bonds is 6. The van der Waals surface area contributed by atoms with Crippen molar-refractivity contribution in [3.63, 3.8) is 0 Å². The van der Waals surface area contributed by atoms with Crippen LogP contribution < -0.4 is 5.32 Å². The summed E-state index contributed by atoms with van der Waals surface area (Å²) in [6, 6.07) is 9.71. The fourth-order valence-electron chi connectivity index (χ4n) is 2.62. The van der Waals surface area contributed by atoms with E-state index in [0.29, 0.717) is 11.4 Å². The van der Waals surface area contributed by atoms with E-state index in [-0.39, 0.29) is 18.1 Å². The highest BCUT2D eigenvalue weighted by molar-refractivity contribution is 7.12. The number of hydrogen-bond donors (Lipinski definition) is 1. The Bertz CT molecular complexity index is 911. The molecular formula is C19H19N3O2S. The van der Waals surface area contributed by atoms with Crippen LogP contribution in [0, 0.1) is 6.92 Å². The van der Waals surface area contributed by atoms with Crippen LogP contribution in [0.15, 0.2) is 48.1 Å². The molecule has 128 valence electrons. The van der Waals surface area contributed by atoms with Gasteiger partial charge in [-0.3, -0.25) is 9.59 Å². The molecule has 0 aliphatic rings. The summed E-state index contributed by atoms with van der Waals surface area (Å²) in [5.41, 5.74) is 2.89. The van der Waals surface area contributed by atoms with Gasteiger partial charge in [0.1, 0.15) is 5.82 Å². The molecule has 0 spiro atoms. The lowest BCUT2D eigenvalue weighted by Gasteiger charge is -2.12. The Morgan fingerprint density at radius 3 is 2.76 bits per heavy atom. The van der Waals surface area contributed by atoms with Gasteiger partial charge in [-0.25, -0.2) is 4.98 Å². The van der Waals surface area contributed by atoms with Gasteiger partial charge in [0, 0.05) is 18.9 Å². The van der Waals surface area contributed by atoms with Gasteiger partial charge in [-0.2, -0.15) is 0 Å². The minimum Gasteiger partial charge on any atom is -0.352 e. The first-order chi connectivity index (χ1) is 12.0. The summed E-state index contributed by atoms with van der Waals surface area (Å²) >= 11 is 1.38. The van der Waals surface area contributed by atoms with Gasteiger partial charge in [-0.1, -0.05) is 18.2 Å². The van der Waals surface area contributed by atoms with Crippen molar-refractivity contribution in [2.75, 3.05) is 0 Å². The zero-order valence-corrected chi connectivity index (χ0v) is 15.0. The molecular weight excluding hydrogens is 334 g/mol. The zero-order valence-electron chi connectivity index (χ0n) is 14.2. The van der Waals surface area contributed by atoms with Gasteiger partial charge in [0.05, 0.1) is 17.0 Å². The smallest absolute Gasteiger partial charge is 0.224 e. The van der Waals surface area contributed by atoms with E-state index < -0.39 is 0 Å². The first-order valence-corrected chi connectivity index (χ1v) is 8.86. The molecule has 3 aromatic rings. The van der Waals surface area contributed by atoms with E-state index in [1.165, 1.54) is 18.3 Å². The van der Waals surface area contributed by atoms with Gasteiger partial charge in [-0.05, 0) is 42.5 Å². The summed E-state index contributed by atoms with van der Waals surface area (Å²) in [6.45, 7) is 3.92. The first-order valence-electron chi connectivity index (χ1n) is 7.98. The summed E-state index contributed by atoms with van der Waals surface area (Å²) < 4.78 is 2.00. The molecule has 0 aliphatic carbocycles. The highest BCUT2D eigenvalue weighted by atomic mass is 32.1. The van der Waals surface area contributed by atoms with Gasteiger partial charge >= 0.3 is 0 Å². The fraction of sp³-hybridized carbons (Fsp3) is 0.211. The Kier molecular flexibility index (Phi) is 5.09. The van der Waals surface area contributed by atoms with Crippen molar-refractivity contribution in [3.05, 3.63) is 69.9 Å². The quantitative estimate of drug-likeness (QED) is 0.692. The molecule has 1 aromatic carbocycles. The Morgan fingerprint density at radius 2 is 2.08 bits per heavy atom. The van der Waals surface area contributed by atoms with E-state index in [1.807, 2.05) is 47.3 Å². The number of thiophene rings is 1. The van der Waals surface area contributed by atoms with E-state index in [2.05, 4.69) is 10.3 Å². The molecule has 2 aromatic heterocycles. The third kappa shape index (κ3) is 4.03. The van der Waals surface area contributed by atoms with Crippen molar-refractivity contribution >= 4 is 23.0 Å². The predicted molar refractivity (Wildman–Crippen MR) is 98.2 cm³/mol. The number of nitrogens with one attached hydrogen (secondary N) is 1. The lowest BCUT2D eigenvalue weighted by molar-refractivity contribution is -0.120. The third-order valence-corrected chi connectivity index (χ3v) is 5.00. The van der Waals surface area contributed by atoms with E-state index in [1.54, 1.807) is 12.3 Å². The average molecular weight is 353 g/mol. The second kappa shape index (κ2) is 7.44. The number of ketones is 1. The summed E-state index contributed by atoms with van der Waals surface area (Å²) in [5.74, 6) is 0.861. The van der Waals surface area contributed by atoms with Crippen LogP contribution in [0.2, 0.25) is 0 Å². The number of carbonyl (C=O) groups is 2. The van der Waals surface area contributed by atoms with Crippen molar-refractivity contribution in [2.45, 2.75) is 26.8 Å². The van der Waals surface area contributed by atoms with Gasteiger partial charge < -0.3 is 9.88 Å². The maximum Gasteiger partial charge on any atom is 0.224 e. The molecule has 0 aliphatic heterocycles. The summed E-state index contributed by atoms with van der Waals surface area (Å²) in [6.07, 6.45) is 3.94. The van der Waals surface area contributed by atoms with Crippen LogP contribution in [-0.4, -0.2) is 21.2 Å². The highest BCUT2D eigenvalue weighted by Crippen LogP contribution is 2.17. The minimum atomic E-state index is -0.0648. The van der Waals surface area contributed by atoms with Crippen molar-refractivity contribution < 1.29 is 9.59 Å². The highest BCUT2D eigenvalue weighted by Gasteiger charge is 2.10. The Labute approximate surface area is 150 Å². The van der Waals surface area contributed by atoms with Gasteiger partial charge in [0.15, 0.2) is 5.78 Å². The molecule has 0 atom stereocenters. The standard InChI is InChI=1S/C19H19N3O2S/c1-13(23)18-9-15(12-25-18)10-19(24)21-11-16-5-3-4-6-17(16)22-8-7-20-14(22)2/h3-9,12H,10-11H2,1-2H3,(H,21,24). The fourth-order valence-corrected chi connectivity index (χ4v) is 3.44. The second-order valence-corrected chi connectivity index (χ2v) is 6.71. The molecule has 1 amide bonds. The molecule has 6 heteroatoms. The molecule has 0 fully saturated rings. The summed E-state index contributed by atoms with van der Waals surface area (Å²) in [5, 5.41) is 4.81. The molecule has 0 saturated heterocycles. The van der Waals surface area contributed by atoms with Gasteiger partial charge in [-0.15, -0.1) is 11.3 Å². The molecule has 3 rings (SSSR count). The van der Waals surface area contributed by atoms with E-state index in [0.717, 1.165) is 22.6 Å². The number of amides is 1. The van der Waals surface area contributed by atoms with Crippen LogP contribution in [0.4, 0.5) is 0 Å². The number of nitrogens with zero attached hydrogens (tertiary/aromatic N) is 2. The molecule has 5 nitrogen and oxygen atoms in total. The monoisotopic (exact) mass is 353 g/mol.